The summed E-state index contributed by atoms with van der Waals surface area (Å²) in [6, 6.07) is 0. The summed E-state index contributed by atoms with van der Waals surface area (Å²) >= 11 is 0. The average Bonchev–Trinajstić information content (AvgIpc) is 3.53. The van der Waals surface area contributed by atoms with E-state index in [9.17, 15) is 50.8 Å². The van der Waals surface area contributed by atoms with E-state index >= 15 is 0 Å². The SMILES string of the molecule is C[C@@H]1O[C@@H](O[C@H]2[C@H](O[C@@H]3[C@@H](O)[C@H](O[C@H]4CC[C@]5(C)[C@H]6CC[C@]78OC[C@@]9(CC[C@](C)(C=O)C[C@H]97)[C@H](O)C[C@@]8(C)[C@]6(C)CC[C@H]5C4(C)C)OC[C@@H]3O)O[C@H](CO)[C@@H](O)[C@@H]2O)[C@H](O)[C@H](O)[C@H]1O. The zero-order valence-corrected chi connectivity index (χ0v) is 38.5. The van der Waals surface area contributed by atoms with E-state index in [-0.39, 0.29) is 46.2 Å². The molecule has 0 aromatic carbocycles. The summed E-state index contributed by atoms with van der Waals surface area (Å²) in [4.78, 5) is 12.5. The number of fused-ring (bicyclic) bond motifs is 4. The largest absolute Gasteiger partial charge is 0.394 e. The first-order valence-electron chi connectivity index (χ1n) is 24.0. The van der Waals surface area contributed by atoms with Crippen molar-refractivity contribution in [3.8, 4) is 0 Å². The molecule has 1 spiro atoms. The minimum absolute atomic E-state index is 0.0830. The summed E-state index contributed by atoms with van der Waals surface area (Å²) in [5.74, 6) is 0.690. The second-order valence-corrected chi connectivity index (χ2v) is 23.4. The van der Waals surface area contributed by atoms with Crippen LogP contribution in [0.5, 0.6) is 0 Å². The Morgan fingerprint density at radius 3 is 2.06 bits per heavy atom. The maximum absolute atomic E-state index is 12.5. The fourth-order valence-corrected chi connectivity index (χ4v) is 16.2. The van der Waals surface area contributed by atoms with Crippen LogP contribution in [0.3, 0.4) is 0 Å². The topological polar surface area (TPSA) is 264 Å². The molecule has 64 heavy (non-hydrogen) atoms. The van der Waals surface area contributed by atoms with Crippen molar-refractivity contribution in [2.24, 2.45) is 50.2 Å². The van der Waals surface area contributed by atoms with Gasteiger partial charge in [-0.1, -0.05) is 41.5 Å². The molecular formula is C47H76O17. The highest BCUT2D eigenvalue weighted by Crippen LogP contribution is 2.80. The van der Waals surface area contributed by atoms with E-state index in [2.05, 4.69) is 41.5 Å². The van der Waals surface area contributed by atoms with Gasteiger partial charge in [-0.25, -0.2) is 0 Å². The van der Waals surface area contributed by atoms with Crippen LogP contribution < -0.4 is 0 Å². The second-order valence-electron chi connectivity index (χ2n) is 23.4. The molecule has 25 atom stereocenters. The van der Waals surface area contributed by atoms with Crippen molar-refractivity contribution in [1.29, 1.82) is 0 Å². The zero-order valence-electron chi connectivity index (χ0n) is 38.5. The first-order valence-corrected chi connectivity index (χ1v) is 24.0. The van der Waals surface area contributed by atoms with Gasteiger partial charge in [-0.3, -0.25) is 0 Å². The molecule has 4 heterocycles. The van der Waals surface area contributed by atoms with Gasteiger partial charge in [0.1, 0.15) is 67.3 Å². The summed E-state index contributed by atoms with van der Waals surface area (Å²) < 4.78 is 43.3. The molecule has 4 aliphatic heterocycles. The number of hydrogen-bond acceptors (Lipinski definition) is 17. The lowest BCUT2D eigenvalue weighted by Gasteiger charge is -2.75. The number of aldehydes is 1. The Hall–Kier alpha value is -0.970. The number of aliphatic hydroxyl groups excluding tert-OH is 9. The van der Waals surface area contributed by atoms with E-state index in [1.54, 1.807) is 0 Å². The number of ether oxygens (including phenoxy) is 7. The van der Waals surface area contributed by atoms with E-state index < -0.39 is 115 Å². The highest BCUT2D eigenvalue weighted by molar-refractivity contribution is 5.59. The van der Waals surface area contributed by atoms with Crippen LogP contribution in [-0.2, 0) is 38.0 Å². The van der Waals surface area contributed by atoms with Gasteiger partial charge in [0, 0.05) is 16.2 Å². The number of hydrogen-bond donors (Lipinski definition) is 9. The van der Waals surface area contributed by atoms with Crippen molar-refractivity contribution in [1.82, 2.24) is 0 Å². The Morgan fingerprint density at radius 2 is 1.36 bits per heavy atom. The van der Waals surface area contributed by atoms with Crippen LogP contribution >= 0.6 is 0 Å². The van der Waals surface area contributed by atoms with Gasteiger partial charge in [0.15, 0.2) is 18.9 Å². The maximum atomic E-state index is 12.5. The van der Waals surface area contributed by atoms with Gasteiger partial charge >= 0.3 is 0 Å². The molecule has 0 aromatic heterocycles. The van der Waals surface area contributed by atoms with E-state index in [4.69, 9.17) is 33.2 Å². The third kappa shape index (κ3) is 6.71. The molecule has 5 aliphatic carbocycles. The second kappa shape index (κ2) is 16.3. The Morgan fingerprint density at radius 1 is 0.656 bits per heavy atom. The van der Waals surface area contributed by atoms with Crippen LogP contribution in [0.15, 0.2) is 0 Å². The predicted octanol–water partition coefficient (Wildman–Crippen LogP) is 0.671. The molecule has 9 rings (SSSR count). The Labute approximate surface area is 376 Å². The predicted molar refractivity (Wildman–Crippen MR) is 223 cm³/mol. The summed E-state index contributed by atoms with van der Waals surface area (Å²) in [6.45, 7) is 14.8. The van der Waals surface area contributed by atoms with Crippen LogP contribution in [0.2, 0.25) is 0 Å². The lowest BCUT2D eigenvalue weighted by atomic mass is 9.30. The number of rotatable bonds is 8. The number of carbonyl (C=O) groups excluding carboxylic acids is 1. The van der Waals surface area contributed by atoms with Crippen LogP contribution in [0.1, 0.15) is 113 Å². The smallest absolute Gasteiger partial charge is 0.187 e. The number of aliphatic hydroxyl groups is 9. The van der Waals surface area contributed by atoms with Crippen molar-refractivity contribution in [3.05, 3.63) is 0 Å². The van der Waals surface area contributed by atoms with Crippen molar-refractivity contribution >= 4 is 6.29 Å². The molecule has 4 saturated heterocycles. The van der Waals surface area contributed by atoms with E-state index in [1.165, 1.54) is 6.92 Å². The van der Waals surface area contributed by atoms with Gasteiger partial charge < -0.3 is 83.9 Å². The minimum Gasteiger partial charge on any atom is -0.394 e. The van der Waals surface area contributed by atoms with Crippen molar-refractivity contribution < 1.29 is 83.9 Å². The maximum Gasteiger partial charge on any atom is 0.187 e. The van der Waals surface area contributed by atoms with Gasteiger partial charge in [-0.15, -0.1) is 0 Å². The first-order chi connectivity index (χ1) is 30.0. The minimum atomic E-state index is -1.79. The van der Waals surface area contributed by atoms with Crippen LogP contribution in [-0.4, -0.2) is 176 Å². The third-order valence-electron chi connectivity index (χ3n) is 20.2. The molecule has 9 N–H and O–H groups in total. The monoisotopic (exact) mass is 913 g/mol. The highest BCUT2D eigenvalue weighted by Gasteiger charge is 2.80. The molecule has 0 radical (unpaired) electrons. The van der Waals surface area contributed by atoms with E-state index in [1.807, 2.05) is 0 Å². The molecule has 17 heteroatoms. The lowest BCUT2D eigenvalue weighted by molar-refractivity contribution is -0.385. The van der Waals surface area contributed by atoms with Crippen molar-refractivity contribution in [2.75, 3.05) is 19.8 Å². The molecule has 9 aliphatic rings. The van der Waals surface area contributed by atoms with Gasteiger partial charge in [0.05, 0.1) is 43.7 Å². The molecule has 2 bridgehead atoms. The first kappa shape index (κ1) is 48.1. The summed E-state index contributed by atoms with van der Waals surface area (Å²) in [5, 5.41) is 98.5. The van der Waals surface area contributed by atoms with Crippen LogP contribution in [0, 0.1) is 50.2 Å². The van der Waals surface area contributed by atoms with Crippen molar-refractivity contribution in [2.45, 2.75) is 216 Å². The van der Waals surface area contributed by atoms with Crippen LogP contribution in [0.25, 0.3) is 0 Å². The molecule has 366 valence electrons. The molecule has 9 fully saturated rings. The molecular weight excluding hydrogens is 837 g/mol. The van der Waals surface area contributed by atoms with Gasteiger partial charge in [-0.2, -0.15) is 0 Å². The molecule has 17 nitrogen and oxygen atoms in total. The fraction of sp³-hybridized carbons (Fsp3) is 0.979. The van der Waals surface area contributed by atoms with E-state index in [0.29, 0.717) is 25.4 Å². The molecule has 0 amide bonds. The zero-order chi connectivity index (χ0) is 46.3. The van der Waals surface area contributed by atoms with Crippen molar-refractivity contribution in [3.63, 3.8) is 0 Å². The van der Waals surface area contributed by atoms with E-state index in [0.717, 1.165) is 57.7 Å². The van der Waals surface area contributed by atoms with Crippen LogP contribution in [0.4, 0.5) is 0 Å². The normalized spacial score (nSPS) is 59.2. The standard InChI is InChI=1S/C47H76O17/c1-22-30(52)32(54)34(56)39(60-22)64-37-33(55)31(53)24(18-48)61-40(37)63-36-23(50)19-58-38(35(36)57)62-29-10-11-43(5)25(41(29,2)3)8-12-44(6)26(43)9-13-47-27-16-42(4,20-49)14-15-46(27,21-59-47)28(51)17-45(44,47)7/h20,22-40,48,50-57H,8-19,21H2,1-7H3/t22-,23-,24+,25-,26+,27+,28+,29-,30-,31+,32+,33-,34+,35+,36-,37+,38-,39-,40-,42-,43-,44+,45-,46+,47-/m0/s1. The average molecular weight is 913 g/mol. The van der Waals surface area contributed by atoms with Gasteiger partial charge in [0.25, 0.3) is 0 Å². The number of carbonyl (C=O) groups is 1. The molecule has 0 aromatic rings. The molecule has 5 saturated carbocycles. The highest BCUT2D eigenvalue weighted by atomic mass is 16.8. The summed E-state index contributed by atoms with van der Waals surface area (Å²) in [5.41, 5.74) is -2.05. The van der Waals surface area contributed by atoms with Gasteiger partial charge in [-0.05, 0) is 105 Å². The molecule has 0 unspecified atom stereocenters. The fourth-order valence-electron chi connectivity index (χ4n) is 16.2. The van der Waals surface area contributed by atoms with Gasteiger partial charge in [0.2, 0.25) is 0 Å². The summed E-state index contributed by atoms with van der Waals surface area (Å²) in [6.07, 6.45) is -12.6. The Bertz CT molecular complexity index is 1740. The lowest BCUT2D eigenvalue weighted by Crippen LogP contribution is -2.74. The summed E-state index contributed by atoms with van der Waals surface area (Å²) in [7, 11) is 0. The Balaban J connectivity index is 0.916. The quantitative estimate of drug-likeness (QED) is 0.120. The third-order valence-corrected chi connectivity index (χ3v) is 20.2. The Kier molecular flexibility index (Phi) is 12.2.